The predicted molar refractivity (Wildman–Crippen MR) is 290 cm³/mol. The Morgan fingerprint density at radius 1 is 0.643 bits per heavy atom. The lowest BCUT2D eigenvalue weighted by Gasteiger charge is -2.46. The van der Waals surface area contributed by atoms with Crippen molar-refractivity contribution < 1.29 is 23.9 Å². The fraction of sp³-hybridized carbons (Fsp3) is 0.610. The molecule has 11 nitrogen and oxygen atoms in total. The third-order valence-corrected chi connectivity index (χ3v) is 15.6. The average molecular weight is 965 g/mol. The largest absolute Gasteiger partial charge is 0.460 e. The summed E-state index contributed by atoms with van der Waals surface area (Å²) >= 11 is 0. The number of ether oxygens (including phenoxy) is 2. The van der Waals surface area contributed by atoms with Crippen LogP contribution in [0.2, 0.25) is 0 Å². The van der Waals surface area contributed by atoms with Crippen molar-refractivity contribution in [1.82, 2.24) is 24.5 Å². The van der Waals surface area contributed by atoms with Gasteiger partial charge in [-0.25, -0.2) is 0 Å². The Balaban J connectivity index is 0.00000260. The molecule has 2 aliphatic heterocycles. The van der Waals surface area contributed by atoms with Crippen molar-refractivity contribution in [2.45, 2.75) is 129 Å². The number of carbonyl (C=O) groups is 3. The van der Waals surface area contributed by atoms with Crippen LogP contribution in [0.3, 0.4) is 0 Å². The summed E-state index contributed by atoms with van der Waals surface area (Å²) in [5.41, 5.74) is 3.66. The van der Waals surface area contributed by atoms with Gasteiger partial charge in [-0.1, -0.05) is 98.8 Å². The van der Waals surface area contributed by atoms with E-state index in [9.17, 15) is 9.59 Å². The van der Waals surface area contributed by atoms with Gasteiger partial charge in [0.15, 0.2) is 5.78 Å². The van der Waals surface area contributed by atoms with Crippen LogP contribution in [0.15, 0.2) is 97.1 Å². The molecule has 2 fully saturated rings. The number of likely N-dealkylation sites (N-methyl/N-ethyl adjacent to an activating group) is 2. The lowest BCUT2D eigenvalue weighted by molar-refractivity contribution is -0.161. The lowest BCUT2D eigenvalue weighted by Crippen LogP contribution is -2.53. The molecule has 3 aromatic rings. The van der Waals surface area contributed by atoms with E-state index in [4.69, 9.17) is 14.3 Å². The summed E-state index contributed by atoms with van der Waals surface area (Å²) in [7, 11) is 8.77. The zero-order valence-electron chi connectivity index (χ0n) is 45.6. The van der Waals surface area contributed by atoms with Gasteiger partial charge in [-0.05, 0) is 130 Å². The van der Waals surface area contributed by atoms with Crippen LogP contribution in [-0.2, 0) is 42.2 Å². The van der Waals surface area contributed by atoms with Gasteiger partial charge in [-0.2, -0.15) is 0 Å². The normalized spacial score (nSPS) is 20.1. The molecule has 70 heavy (non-hydrogen) atoms. The number of Topliss-reactive ketones (excluding diaryl/α,β-unsaturated/α-hetero) is 1. The van der Waals surface area contributed by atoms with Gasteiger partial charge in [0.05, 0.1) is 13.0 Å². The molecule has 1 aliphatic carbocycles. The van der Waals surface area contributed by atoms with Gasteiger partial charge in [-0.15, -0.1) is 0 Å². The number of carbonyl (C=O) groups excluding carboxylic acids is 3. The minimum absolute atomic E-state index is 0.0702. The van der Waals surface area contributed by atoms with E-state index in [1.165, 1.54) is 35.2 Å². The first-order chi connectivity index (χ1) is 33.4. The van der Waals surface area contributed by atoms with Gasteiger partial charge in [0.25, 0.3) is 0 Å². The Hall–Kier alpha value is -4.23. The van der Waals surface area contributed by atoms with Crippen molar-refractivity contribution in [3.05, 3.63) is 114 Å². The number of hydrogen-bond acceptors (Lipinski definition) is 11. The maximum atomic E-state index is 13.4. The van der Waals surface area contributed by atoms with Gasteiger partial charge in [-0.3, -0.25) is 24.3 Å². The van der Waals surface area contributed by atoms with Crippen LogP contribution in [0.25, 0.3) is 0 Å². The highest BCUT2D eigenvalue weighted by Gasteiger charge is 2.38. The van der Waals surface area contributed by atoms with Crippen molar-refractivity contribution in [3.8, 4) is 0 Å². The molecule has 0 amide bonds. The maximum Gasteiger partial charge on any atom is 0.307 e. The van der Waals surface area contributed by atoms with Crippen LogP contribution in [0.5, 0.6) is 0 Å². The first-order valence-corrected chi connectivity index (χ1v) is 26.2. The quantitative estimate of drug-likeness (QED) is 0.0715. The summed E-state index contributed by atoms with van der Waals surface area (Å²) in [6, 6.07) is 31.2. The number of anilines is 1. The fourth-order valence-electron chi connectivity index (χ4n) is 10.2. The van der Waals surface area contributed by atoms with Gasteiger partial charge in [0.1, 0.15) is 18.0 Å². The van der Waals surface area contributed by atoms with Gasteiger partial charge in [0, 0.05) is 101 Å². The van der Waals surface area contributed by atoms with Crippen LogP contribution in [0.4, 0.5) is 5.69 Å². The number of esters is 1. The van der Waals surface area contributed by atoms with Crippen molar-refractivity contribution in [1.29, 1.82) is 0 Å². The summed E-state index contributed by atoms with van der Waals surface area (Å²) in [6.45, 7) is 27.8. The molecule has 0 aromatic heterocycles. The molecule has 4 atom stereocenters. The topological polar surface area (TPSA) is 89.1 Å². The van der Waals surface area contributed by atoms with E-state index in [1.54, 1.807) is 0 Å². The smallest absolute Gasteiger partial charge is 0.307 e. The molecule has 2 heterocycles. The third kappa shape index (κ3) is 16.7. The van der Waals surface area contributed by atoms with Gasteiger partial charge in [0.2, 0.25) is 0 Å². The van der Waals surface area contributed by atoms with E-state index >= 15 is 0 Å². The molecule has 0 bridgehead atoms. The number of ketones is 1. The first kappa shape index (κ1) is 58.3. The van der Waals surface area contributed by atoms with Crippen molar-refractivity contribution >= 4 is 24.2 Å². The highest BCUT2D eigenvalue weighted by Crippen LogP contribution is 2.36. The maximum absolute atomic E-state index is 13.4. The van der Waals surface area contributed by atoms with Crippen LogP contribution in [0.1, 0.15) is 104 Å². The number of hydrogen-bond donors (Lipinski definition) is 0. The van der Waals surface area contributed by atoms with E-state index < -0.39 is 11.2 Å². The first-order valence-electron chi connectivity index (χ1n) is 26.2. The predicted octanol–water partition coefficient (Wildman–Crippen LogP) is 9.04. The van der Waals surface area contributed by atoms with E-state index in [-0.39, 0.29) is 22.8 Å². The summed E-state index contributed by atoms with van der Waals surface area (Å²) < 4.78 is 12.2. The molecular formula is C59H92N6O5. The van der Waals surface area contributed by atoms with Crippen LogP contribution < -0.4 is 4.90 Å². The molecule has 0 radical (unpaired) electrons. The Morgan fingerprint density at radius 2 is 1.17 bits per heavy atom. The second-order valence-corrected chi connectivity index (χ2v) is 21.4. The highest BCUT2D eigenvalue weighted by molar-refractivity contribution is 5.86. The fourth-order valence-corrected chi connectivity index (χ4v) is 10.2. The second kappa shape index (κ2) is 27.6. The van der Waals surface area contributed by atoms with E-state index in [0.717, 1.165) is 71.7 Å². The molecule has 11 heteroatoms. The molecule has 0 N–H and O–H groups in total. The number of rotatable bonds is 22. The Labute approximate surface area is 424 Å². The molecule has 3 aromatic carbocycles. The molecule has 388 valence electrons. The van der Waals surface area contributed by atoms with Crippen LogP contribution >= 0.6 is 0 Å². The van der Waals surface area contributed by atoms with Crippen molar-refractivity contribution in [2.24, 2.45) is 5.92 Å². The van der Waals surface area contributed by atoms with Crippen LogP contribution in [-0.4, -0.2) is 166 Å². The van der Waals surface area contributed by atoms with Gasteiger partial charge < -0.3 is 29.0 Å². The lowest BCUT2D eigenvalue weighted by atomic mass is 9.74. The monoisotopic (exact) mass is 965 g/mol. The minimum atomic E-state index is -0.905. The summed E-state index contributed by atoms with van der Waals surface area (Å²) in [5.74, 6) is 0.434. The molecule has 6 rings (SSSR count). The van der Waals surface area contributed by atoms with Crippen molar-refractivity contribution in [2.75, 3.05) is 105 Å². The van der Waals surface area contributed by atoms with Crippen molar-refractivity contribution in [3.63, 3.8) is 0 Å². The molecule has 4 unspecified atom stereocenters. The number of piperazine rings is 2. The molecule has 0 spiro atoms. The van der Waals surface area contributed by atoms with E-state index in [0.29, 0.717) is 44.4 Å². The molecular weight excluding hydrogens is 873 g/mol. The summed E-state index contributed by atoms with van der Waals surface area (Å²) in [5, 5.41) is 0. The Bertz CT molecular complexity index is 2010. The number of nitrogens with zero attached hydrogens (tertiary/aromatic N) is 6. The molecule has 3 aliphatic rings. The SMILES string of the molecule is C=O.CC.CN(C)C(C)(Cc1ccccc1)c1ccc(N2CCN(CCC(=O)C(C)(C)OCCC(C)(C)OC(=O)CCN3CCN(C4C=CC(C(C)(Cc5ccccc5)N(C)C)CC4)CC3)CC2)cc1. The summed E-state index contributed by atoms with van der Waals surface area (Å²) in [4.78, 5) is 49.1. The Morgan fingerprint density at radius 3 is 1.69 bits per heavy atom. The zero-order chi connectivity index (χ0) is 51.5. The Kier molecular flexibility index (Phi) is 23.0. The third-order valence-electron chi connectivity index (χ3n) is 15.6. The minimum Gasteiger partial charge on any atom is -0.460 e. The van der Waals surface area contributed by atoms with E-state index in [2.05, 4.69) is 169 Å². The van der Waals surface area contributed by atoms with Crippen LogP contribution in [0, 0.1) is 5.92 Å². The summed E-state index contributed by atoms with van der Waals surface area (Å²) in [6.07, 6.45) is 10.6. The molecule has 0 saturated carbocycles. The standard InChI is InChI=1S/C56H84N6O4.C2H6.CH2O/c1-53(2,66-52(64)30-33-60-36-40-62(41-37-60)50-27-23-48(24-28-50)56(6,58(9)10)44-46-19-15-12-16-20-46)31-42-65-54(3,4)51(63)29-32-59-34-38-61(39-35-59)49-25-21-47(22-26-49)55(5,57(7)8)43-45-17-13-11-14-18-45;2*1-2/h11-23,25-27,48,50H,24,28-44H2,1-10H3;1-2H3;1H2. The van der Waals surface area contributed by atoms with Gasteiger partial charge >= 0.3 is 5.97 Å². The highest BCUT2D eigenvalue weighted by atomic mass is 16.6. The number of benzene rings is 3. The second-order valence-electron chi connectivity index (χ2n) is 21.4. The molecule has 2 saturated heterocycles. The average Bonchev–Trinajstić information content (AvgIpc) is 3.36. The zero-order valence-corrected chi connectivity index (χ0v) is 45.6. The van der Waals surface area contributed by atoms with E-state index in [1.807, 2.05) is 48.3 Å².